The lowest BCUT2D eigenvalue weighted by atomic mass is 10.2. The summed E-state index contributed by atoms with van der Waals surface area (Å²) in [5.74, 6) is 2.61. The maximum Gasteiger partial charge on any atom is 0.193 e. The molecule has 6 nitrogen and oxygen atoms in total. The van der Waals surface area contributed by atoms with Crippen LogP contribution in [0.4, 0.5) is 5.69 Å². The lowest BCUT2D eigenvalue weighted by Gasteiger charge is -2.14. The quantitative estimate of drug-likeness (QED) is 0.279. The average Bonchev–Trinajstić information content (AvgIpc) is 2.67. The smallest absolute Gasteiger partial charge is 0.193 e. The summed E-state index contributed by atoms with van der Waals surface area (Å²) < 4.78 is 16.8. The molecular weight excluding hydrogens is 469 g/mol. The first kappa shape index (κ1) is 23.9. The van der Waals surface area contributed by atoms with Gasteiger partial charge in [0.1, 0.15) is 17.2 Å². The highest BCUT2D eigenvalue weighted by atomic mass is 127. The predicted octanol–water partition coefficient (Wildman–Crippen LogP) is 4.82. The van der Waals surface area contributed by atoms with Crippen molar-refractivity contribution in [3.05, 3.63) is 48.0 Å². The average molecular weight is 499 g/mol. The van der Waals surface area contributed by atoms with Gasteiger partial charge in [0.05, 0.1) is 32.1 Å². The van der Waals surface area contributed by atoms with Crippen LogP contribution in [0.3, 0.4) is 0 Å². The number of nitrogens with zero attached hydrogens (tertiary/aromatic N) is 1. The summed E-state index contributed by atoms with van der Waals surface area (Å²) in [6.07, 6.45) is 0.974. The molecule has 0 atom stereocenters. The summed E-state index contributed by atoms with van der Waals surface area (Å²) in [6, 6.07) is 13.5. The van der Waals surface area contributed by atoms with Gasteiger partial charge in [-0.15, -0.1) is 24.0 Å². The molecule has 0 saturated carbocycles. The fourth-order valence-corrected chi connectivity index (χ4v) is 2.45. The first-order valence-corrected chi connectivity index (χ1v) is 9.34. The van der Waals surface area contributed by atoms with Gasteiger partial charge in [-0.2, -0.15) is 0 Å². The van der Waals surface area contributed by atoms with Crippen molar-refractivity contribution in [3.8, 4) is 17.2 Å². The number of nitrogens with one attached hydrogen (secondary N) is 1. The van der Waals surface area contributed by atoms with Gasteiger partial charge < -0.3 is 25.3 Å². The summed E-state index contributed by atoms with van der Waals surface area (Å²) in [7, 11) is 0. The lowest BCUT2D eigenvalue weighted by molar-refractivity contribution is 0.317. The van der Waals surface area contributed by atoms with E-state index in [1.165, 1.54) is 0 Å². The third kappa shape index (κ3) is 7.84. The van der Waals surface area contributed by atoms with Crippen LogP contribution in [-0.2, 0) is 6.54 Å². The number of guanidine groups is 1. The third-order valence-corrected chi connectivity index (χ3v) is 3.63. The van der Waals surface area contributed by atoms with Crippen LogP contribution in [0.2, 0.25) is 0 Å². The molecule has 0 bridgehead atoms. The van der Waals surface area contributed by atoms with E-state index in [1.807, 2.05) is 56.3 Å². The maximum absolute atomic E-state index is 6.07. The standard InChI is InChI=1S/C21H29N3O3.HI/c1-4-12-27-17-9-7-8-16(13-17)15-23-21(22)24-19-14-18(25-5-2)10-11-20(19)26-6-3;/h7-11,13-14H,4-6,12,15H2,1-3H3,(H3,22,23,24);1H. The highest BCUT2D eigenvalue weighted by molar-refractivity contribution is 14.0. The molecule has 0 aliphatic rings. The van der Waals surface area contributed by atoms with Crippen LogP contribution in [0.25, 0.3) is 0 Å². The Morgan fingerprint density at radius 3 is 2.43 bits per heavy atom. The van der Waals surface area contributed by atoms with Crippen LogP contribution in [0.15, 0.2) is 47.5 Å². The molecule has 0 amide bonds. The first-order valence-electron chi connectivity index (χ1n) is 9.34. The number of benzene rings is 2. The molecule has 0 spiro atoms. The van der Waals surface area contributed by atoms with Crippen molar-refractivity contribution in [1.29, 1.82) is 0 Å². The van der Waals surface area contributed by atoms with E-state index in [-0.39, 0.29) is 24.0 Å². The fourth-order valence-electron chi connectivity index (χ4n) is 2.45. The summed E-state index contributed by atoms with van der Waals surface area (Å²) in [6.45, 7) is 8.27. The third-order valence-electron chi connectivity index (χ3n) is 3.63. The van der Waals surface area contributed by atoms with Gasteiger partial charge in [0, 0.05) is 6.07 Å². The van der Waals surface area contributed by atoms with Crippen LogP contribution in [0.1, 0.15) is 32.8 Å². The highest BCUT2D eigenvalue weighted by Gasteiger charge is 2.07. The zero-order valence-electron chi connectivity index (χ0n) is 16.7. The van der Waals surface area contributed by atoms with Crippen molar-refractivity contribution < 1.29 is 14.2 Å². The van der Waals surface area contributed by atoms with Gasteiger partial charge in [0.15, 0.2) is 5.96 Å². The number of anilines is 1. The minimum atomic E-state index is 0. The molecule has 0 radical (unpaired) electrons. The van der Waals surface area contributed by atoms with Gasteiger partial charge in [-0.05, 0) is 50.1 Å². The number of rotatable bonds is 10. The van der Waals surface area contributed by atoms with Gasteiger partial charge in [0.25, 0.3) is 0 Å². The normalized spacial score (nSPS) is 10.8. The number of hydrogen-bond donors (Lipinski definition) is 2. The second-order valence-electron chi connectivity index (χ2n) is 5.85. The minimum Gasteiger partial charge on any atom is -0.494 e. The molecule has 0 unspecified atom stereocenters. The van der Waals surface area contributed by atoms with Crippen molar-refractivity contribution in [1.82, 2.24) is 0 Å². The van der Waals surface area contributed by atoms with Gasteiger partial charge in [0.2, 0.25) is 0 Å². The Morgan fingerprint density at radius 1 is 0.964 bits per heavy atom. The number of nitrogens with two attached hydrogens (primary N) is 1. The number of halogens is 1. The fraction of sp³-hybridized carbons (Fsp3) is 0.381. The van der Waals surface area contributed by atoms with E-state index in [1.54, 1.807) is 0 Å². The van der Waals surface area contributed by atoms with Gasteiger partial charge in [-0.25, -0.2) is 4.99 Å². The van der Waals surface area contributed by atoms with Crippen LogP contribution in [0.5, 0.6) is 17.2 Å². The van der Waals surface area contributed by atoms with Crippen LogP contribution >= 0.6 is 24.0 Å². The largest absolute Gasteiger partial charge is 0.494 e. The molecule has 0 aliphatic heterocycles. The Balaban J connectivity index is 0.00000392. The van der Waals surface area contributed by atoms with Crippen LogP contribution in [0, 0.1) is 0 Å². The summed E-state index contributed by atoms with van der Waals surface area (Å²) >= 11 is 0. The molecule has 2 rings (SSSR count). The minimum absolute atomic E-state index is 0. The molecule has 7 heteroatoms. The second kappa shape index (κ2) is 13.1. The van der Waals surface area contributed by atoms with E-state index in [4.69, 9.17) is 19.9 Å². The zero-order chi connectivity index (χ0) is 19.5. The summed E-state index contributed by atoms with van der Waals surface area (Å²) in [5, 5.41) is 3.10. The molecule has 2 aromatic rings. The van der Waals surface area contributed by atoms with E-state index in [9.17, 15) is 0 Å². The molecule has 3 N–H and O–H groups in total. The Kier molecular flexibility index (Phi) is 11.2. The Morgan fingerprint density at radius 2 is 1.71 bits per heavy atom. The van der Waals surface area contributed by atoms with E-state index >= 15 is 0 Å². The lowest BCUT2D eigenvalue weighted by Crippen LogP contribution is -2.23. The molecule has 0 heterocycles. The van der Waals surface area contributed by atoms with Crippen molar-refractivity contribution in [2.45, 2.75) is 33.7 Å². The molecular formula is C21H30IN3O3. The maximum atomic E-state index is 6.07. The number of hydrogen-bond acceptors (Lipinski definition) is 4. The molecule has 2 aromatic carbocycles. The predicted molar refractivity (Wildman–Crippen MR) is 125 cm³/mol. The van der Waals surface area contributed by atoms with E-state index in [0.717, 1.165) is 29.2 Å². The summed E-state index contributed by atoms with van der Waals surface area (Å²) in [5.41, 5.74) is 7.83. The molecule has 0 aliphatic carbocycles. The van der Waals surface area contributed by atoms with Crippen molar-refractivity contribution >= 4 is 35.6 Å². The highest BCUT2D eigenvalue weighted by Crippen LogP contribution is 2.29. The second-order valence-corrected chi connectivity index (χ2v) is 5.85. The van der Waals surface area contributed by atoms with Crippen molar-refractivity contribution in [2.24, 2.45) is 10.7 Å². The van der Waals surface area contributed by atoms with Crippen molar-refractivity contribution in [2.75, 3.05) is 25.1 Å². The topological polar surface area (TPSA) is 78.1 Å². The number of aliphatic imine (C=N–C) groups is 1. The molecule has 28 heavy (non-hydrogen) atoms. The van der Waals surface area contributed by atoms with E-state index in [0.29, 0.717) is 38.1 Å². The Bertz CT molecular complexity index is 753. The SMILES string of the molecule is CCCOc1cccc(CN=C(N)Nc2cc(OCC)ccc2OCC)c1.I. The van der Waals surface area contributed by atoms with Gasteiger partial charge in [-0.3, -0.25) is 0 Å². The molecule has 0 fully saturated rings. The monoisotopic (exact) mass is 499 g/mol. The van der Waals surface area contributed by atoms with Crippen molar-refractivity contribution in [3.63, 3.8) is 0 Å². The number of ether oxygens (including phenoxy) is 3. The van der Waals surface area contributed by atoms with Crippen LogP contribution < -0.4 is 25.3 Å². The zero-order valence-corrected chi connectivity index (χ0v) is 19.1. The van der Waals surface area contributed by atoms with Gasteiger partial charge in [-0.1, -0.05) is 19.1 Å². The first-order chi connectivity index (χ1) is 13.2. The molecule has 154 valence electrons. The van der Waals surface area contributed by atoms with Gasteiger partial charge >= 0.3 is 0 Å². The Labute approximate surface area is 184 Å². The van der Waals surface area contributed by atoms with Crippen LogP contribution in [-0.4, -0.2) is 25.8 Å². The Hall–Kier alpha value is -2.16. The molecule has 0 saturated heterocycles. The van der Waals surface area contributed by atoms with E-state index < -0.39 is 0 Å². The summed E-state index contributed by atoms with van der Waals surface area (Å²) in [4.78, 5) is 4.42. The molecule has 0 aromatic heterocycles. The van der Waals surface area contributed by atoms with E-state index in [2.05, 4.69) is 17.2 Å².